The lowest BCUT2D eigenvalue weighted by atomic mass is 10.2. The summed E-state index contributed by atoms with van der Waals surface area (Å²) in [6.45, 7) is 2.02. The highest BCUT2D eigenvalue weighted by molar-refractivity contribution is 7.89. The van der Waals surface area contributed by atoms with Crippen LogP contribution in [0.3, 0.4) is 0 Å². The fourth-order valence-corrected chi connectivity index (χ4v) is 3.94. The summed E-state index contributed by atoms with van der Waals surface area (Å²) in [6.07, 6.45) is 0. The summed E-state index contributed by atoms with van der Waals surface area (Å²) in [5.74, 6) is -0.557. The molecule has 0 aromatic heterocycles. The minimum absolute atomic E-state index is 0. The Balaban J connectivity index is 0.00000220. The van der Waals surface area contributed by atoms with Crippen molar-refractivity contribution in [3.05, 3.63) is 28.8 Å². The van der Waals surface area contributed by atoms with Crippen molar-refractivity contribution in [2.75, 3.05) is 33.3 Å². The largest absolute Gasteiger partial charge is 0.465 e. The van der Waals surface area contributed by atoms with E-state index in [9.17, 15) is 13.2 Å². The lowest BCUT2D eigenvalue weighted by Crippen LogP contribution is -2.46. The number of ether oxygens (including phenoxy) is 1. The van der Waals surface area contributed by atoms with Crippen molar-refractivity contribution in [2.24, 2.45) is 0 Å². The van der Waals surface area contributed by atoms with E-state index in [0.29, 0.717) is 26.2 Å². The van der Waals surface area contributed by atoms with E-state index in [-0.39, 0.29) is 27.9 Å². The number of halogens is 2. The van der Waals surface area contributed by atoms with E-state index in [0.717, 1.165) is 0 Å². The molecule has 1 N–H and O–H groups in total. The third-order valence-corrected chi connectivity index (χ3v) is 5.43. The fourth-order valence-electron chi connectivity index (χ4n) is 1.98. The Labute approximate surface area is 134 Å². The normalized spacial score (nSPS) is 16.1. The Bertz CT molecular complexity index is 616. The minimum Gasteiger partial charge on any atom is -0.465 e. The molecular weight excluding hydrogens is 339 g/mol. The molecule has 0 bridgehead atoms. The first-order valence-corrected chi connectivity index (χ1v) is 7.87. The van der Waals surface area contributed by atoms with Crippen LogP contribution in [0.1, 0.15) is 10.4 Å². The number of nitrogens with one attached hydrogen (secondary N) is 1. The SMILES string of the molecule is COC(=O)c1ccc(S(=O)(=O)N2CCNCC2)c(Cl)c1.Cl. The van der Waals surface area contributed by atoms with Crippen molar-refractivity contribution in [2.45, 2.75) is 4.90 Å². The number of nitrogens with zero attached hydrogens (tertiary/aromatic N) is 1. The molecule has 0 amide bonds. The van der Waals surface area contributed by atoms with Gasteiger partial charge in [-0.1, -0.05) is 11.6 Å². The number of sulfonamides is 1. The average molecular weight is 355 g/mol. The first-order chi connectivity index (χ1) is 9.46. The Morgan fingerprint density at radius 3 is 2.48 bits per heavy atom. The summed E-state index contributed by atoms with van der Waals surface area (Å²) < 4.78 is 30.9. The van der Waals surface area contributed by atoms with Crippen LogP contribution >= 0.6 is 24.0 Å². The van der Waals surface area contributed by atoms with Gasteiger partial charge in [-0.15, -0.1) is 12.4 Å². The Hall–Kier alpha value is -0.860. The summed E-state index contributed by atoms with van der Waals surface area (Å²) >= 11 is 6.00. The van der Waals surface area contributed by atoms with Gasteiger partial charge in [0.1, 0.15) is 4.90 Å². The molecule has 2 rings (SSSR count). The molecule has 1 aromatic rings. The van der Waals surface area contributed by atoms with Crippen LogP contribution in [-0.4, -0.2) is 52.0 Å². The molecule has 21 heavy (non-hydrogen) atoms. The molecule has 0 atom stereocenters. The Morgan fingerprint density at radius 2 is 1.95 bits per heavy atom. The fraction of sp³-hybridized carbons (Fsp3) is 0.417. The van der Waals surface area contributed by atoms with Gasteiger partial charge in [-0.25, -0.2) is 13.2 Å². The molecule has 0 radical (unpaired) electrons. The number of carbonyl (C=O) groups excluding carboxylic acids is 1. The van der Waals surface area contributed by atoms with Crippen molar-refractivity contribution in [1.82, 2.24) is 9.62 Å². The topological polar surface area (TPSA) is 75.7 Å². The maximum absolute atomic E-state index is 12.5. The van der Waals surface area contributed by atoms with E-state index in [4.69, 9.17) is 11.6 Å². The molecule has 0 unspecified atom stereocenters. The molecule has 1 heterocycles. The quantitative estimate of drug-likeness (QED) is 0.823. The number of methoxy groups -OCH3 is 1. The van der Waals surface area contributed by atoms with Crippen LogP contribution in [0, 0.1) is 0 Å². The van der Waals surface area contributed by atoms with Crippen LogP contribution in [0.15, 0.2) is 23.1 Å². The monoisotopic (exact) mass is 354 g/mol. The van der Waals surface area contributed by atoms with E-state index in [1.807, 2.05) is 0 Å². The zero-order valence-corrected chi connectivity index (χ0v) is 13.7. The van der Waals surface area contributed by atoms with E-state index < -0.39 is 16.0 Å². The number of hydrogen-bond donors (Lipinski definition) is 1. The Kier molecular flexibility index (Phi) is 6.42. The maximum Gasteiger partial charge on any atom is 0.337 e. The maximum atomic E-state index is 12.5. The first kappa shape index (κ1) is 18.2. The molecular formula is C12H16Cl2N2O4S. The summed E-state index contributed by atoms with van der Waals surface area (Å²) in [5.41, 5.74) is 0.219. The van der Waals surface area contributed by atoms with Crippen LogP contribution in [0.25, 0.3) is 0 Å². The van der Waals surface area contributed by atoms with Crippen LogP contribution < -0.4 is 5.32 Å². The molecule has 6 nitrogen and oxygen atoms in total. The second kappa shape index (κ2) is 7.42. The van der Waals surface area contributed by atoms with Gasteiger partial charge in [0.05, 0.1) is 17.7 Å². The first-order valence-electron chi connectivity index (χ1n) is 6.05. The zero-order chi connectivity index (χ0) is 14.8. The lowest BCUT2D eigenvalue weighted by molar-refractivity contribution is 0.0600. The molecule has 0 saturated carbocycles. The summed E-state index contributed by atoms with van der Waals surface area (Å²) in [7, 11) is -2.38. The van der Waals surface area contributed by atoms with Gasteiger partial charge in [0.15, 0.2) is 0 Å². The number of rotatable bonds is 3. The molecule has 1 saturated heterocycles. The van der Waals surface area contributed by atoms with Gasteiger partial charge in [-0.3, -0.25) is 0 Å². The third-order valence-electron chi connectivity index (χ3n) is 3.05. The van der Waals surface area contributed by atoms with Crippen LogP contribution in [0.5, 0.6) is 0 Å². The number of hydrogen-bond acceptors (Lipinski definition) is 5. The molecule has 1 aliphatic heterocycles. The van der Waals surface area contributed by atoms with E-state index >= 15 is 0 Å². The molecule has 1 aliphatic rings. The Morgan fingerprint density at radius 1 is 1.33 bits per heavy atom. The number of esters is 1. The highest BCUT2D eigenvalue weighted by Crippen LogP contribution is 2.26. The van der Waals surface area contributed by atoms with Crippen molar-refractivity contribution in [1.29, 1.82) is 0 Å². The highest BCUT2D eigenvalue weighted by atomic mass is 35.5. The number of carbonyl (C=O) groups is 1. The molecule has 1 aromatic carbocycles. The zero-order valence-electron chi connectivity index (χ0n) is 11.3. The minimum atomic E-state index is -3.63. The van der Waals surface area contributed by atoms with Crippen molar-refractivity contribution < 1.29 is 17.9 Å². The van der Waals surface area contributed by atoms with Gasteiger partial charge >= 0.3 is 5.97 Å². The van der Waals surface area contributed by atoms with Crippen molar-refractivity contribution >= 4 is 40.0 Å². The van der Waals surface area contributed by atoms with Gasteiger partial charge in [0.2, 0.25) is 10.0 Å². The van der Waals surface area contributed by atoms with Crippen LogP contribution in [-0.2, 0) is 14.8 Å². The highest BCUT2D eigenvalue weighted by Gasteiger charge is 2.28. The molecule has 1 fully saturated rings. The molecule has 0 aliphatic carbocycles. The molecule has 0 spiro atoms. The summed E-state index contributed by atoms with van der Waals surface area (Å²) in [6, 6.07) is 4.04. The van der Waals surface area contributed by atoms with E-state index in [1.54, 1.807) is 0 Å². The van der Waals surface area contributed by atoms with Crippen LogP contribution in [0.2, 0.25) is 5.02 Å². The predicted molar refractivity (Wildman–Crippen MR) is 81.7 cm³/mol. The number of benzene rings is 1. The van der Waals surface area contributed by atoms with Crippen molar-refractivity contribution in [3.63, 3.8) is 0 Å². The molecule has 9 heteroatoms. The second-order valence-electron chi connectivity index (χ2n) is 4.29. The predicted octanol–water partition coefficient (Wildman–Crippen LogP) is 1.14. The van der Waals surface area contributed by atoms with Crippen molar-refractivity contribution in [3.8, 4) is 0 Å². The lowest BCUT2D eigenvalue weighted by Gasteiger charge is -2.27. The summed E-state index contributed by atoms with van der Waals surface area (Å²) in [5, 5.41) is 3.10. The summed E-state index contributed by atoms with van der Waals surface area (Å²) in [4.78, 5) is 11.4. The van der Waals surface area contributed by atoms with Gasteiger partial charge in [-0.05, 0) is 18.2 Å². The second-order valence-corrected chi connectivity index (χ2v) is 6.60. The number of piperazine rings is 1. The van der Waals surface area contributed by atoms with Gasteiger partial charge in [0.25, 0.3) is 0 Å². The van der Waals surface area contributed by atoms with Gasteiger partial charge in [0, 0.05) is 26.2 Å². The van der Waals surface area contributed by atoms with E-state index in [1.165, 1.54) is 29.6 Å². The van der Waals surface area contributed by atoms with Gasteiger partial charge in [-0.2, -0.15) is 4.31 Å². The molecule has 118 valence electrons. The average Bonchev–Trinajstić information content (AvgIpc) is 2.47. The van der Waals surface area contributed by atoms with E-state index in [2.05, 4.69) is 10.1 Å². The third kappa shape index (κ3) is 3.87. The van der Waals surface area contributed by atoms with Gasteiger partial charge < -0.3 is 10.1 Å². The smallest absolute Gasteiger partial charge is 0.337 e. The van der Waals surface area contributed by atoms with Crippen LogP contribution in [0.4, 0.5) is 0 Å². The standard InChI is InChI=1S/C12H15ClN2O4S.ClH/c1-19-12(16)9-2-3-11(10(13)8-9)20(17,18)15-6-4-14-5-7-15;/h2-3,8,14H,4-7H2,1H3;1H.